The molecule has 0 unspecified atom stereocenters. The van der Waals surface area contributed by atoms with E-state index in [1.165, 1.54) is 9.79 Å². The number of ether oxygens (including phenoxy) is 1. The Hall–Kier alpha value is -2.18. The van der Waals surface area contributed by atoms with E-state index in [4.69, 9.17) is 4.74 Å². The maximum Gasteiger partial charge on any atom is 0.358 e. The van der Waals surface area contributed by atoms with Crippen molar-refractivity contribution in [1.29, 1.82) is 0 Å². The van der Waals surface area contributed by atoms with Crippen LogP contribution in [-0.4, -0.2) is 34.9 Å². The topological polar surface area (TPSA) is 44.1 Å². The minimum Gasteiger partial charge on any atom is -0.461 e. The molecule has 1 heterocycles. The zero-order chi connectivity index (χ0) is 18.5. The van der Waals surface area contributed by atoms with Gasteiger partial charge in [-0.2, -0.15) is 5.10 Å². The molecule has 0 saturated heterocycles. The van der Waals surface area contributed by atoms with Crippen LogP contribution in [0.4, 0.5) is 0 Å². The number of esters is 1. The van der Waals surface area contributed by atoms with Crippen molar-refractivity contribution in [2.45, 2.75) is 16.7 Å². The van der Waals surface area contributed by atoms with Crippen molar-refractivity contribution in [2.75, 3.05) is 19.1 Å². The first kappa shape index (κ1) is 18.6. The average Bonchev–Trinajstić information content (AvgIpc) is 3.14. The van der Waals surface area contributed by atoms with Crippen LogP contribution in [0, 0.1) is 0 Å². The van der Waals surface area contributed by atoms with E-state index in [9.17, 15) is 4.79 Å². The van der Waals surface area contributed by atoms with E-state index in [-0.39, 0.29) is 0 Å². The van der Waals surface area contributed by atoms with Gasteiger partial charge in [0.25, 0.3) is 0 Å². The molecule has 0 aliphatic heterocycles. The Kier molecular flexibility index (Phi) is 6.06. The quantitative estimate of drug-likeness (QED) is 0.434. The Balaban J connectivity index is 2.08. The van der Waals surface area contributed by atoms with Gasteiger partial charge in [0, 0.05) is 15.4 Å². The Morgan fingerprint density at radius 1 is 1.00 bits per heavy atom. The van der Waals surface area contributed by atoms with Crippen LogP contribution in [0.1, 0.15) is 17.4 Å². The van der Waals surface area contributed by atoms with E-state index >= 15 is 0 Å². The molecule has 0 amide bonds. The second-order valence-electron chi connectivity index (χ2n) is 5.47. The molecule has 3 aromatic rings. The summed E-state index contributed by atoms with van der Waals surface area (Å²) >= 11 is 3.38. The monoisotopic (exact) mass is 384 g/mol. The van der Waals surface area contributed by atoms with Gasteiger partial charge in [0.1, 0.15) is 0 Å². The Morgan fingerprint density at radius 2 is 1.58 bits per heavy atom. The van der Waals surface area contributed by atoms with Crippen molar-refractivity contribution >= 4 is 29.5 Å². The third kappa shape index (κ3) is 3.97. The normalized spacial score (nSPS) is 10.7. The number of rotatable bonds is 6. The van der Waals surface area contributed by atoms with E-state index < -0.39 is 5.97 Å². The molecule has 0 N–H and O–H groups in total. The van der Waals surface area contributed by atoms with Crippen molar-refractivity contribution in [2.24, 2.45) is 0 Å². The summed E-state index contributed by atoms with van der Waals surface area (Å²) in [7, 11) is 0. The molecule has 4 nitrogen and oxygen atoms in total. The fourth-order valence-electron chi connectivity index (χ4n) is 2.57. The van der Waals surface area contributed by atoms with Crippen LogP contribution in [-0.2, 0) is 4.74 Å². The van der Waals surface area contributed by atoms with E-state index in [0.717, 1.165) is 16.9 Å². The summed E-state index contributed by atoms with van der Waals surface area (Å²) < 4.78 is 6.92. The molecule has 0 aliphatic rings. The van der Waals surface area contributed by atoms with Gasteiger partial charge >= 0.3 is 5.97 Å². The minimum atomic E-state index is -0.408. The molecule has 134 valence electrons. The average molecular weight is 385 g/mol. The van der Waals surface area contributed by atoms with Gasteiger partial charge in [-0.1, -0.05) is 12.1 Å². The molecule has 0 atom stereocenters. The van der Waals surface area contributed by atoms with Gasteiger partial charge in [0.15, 0.2) is 5.69 Å². The van der Waals surface area contributed by atoms with E-state index in [1.807, 2.05) is 48.9 Å². The fraction of sp³-hybridized carbons (Fsp3) is 0.200. The number of carbonyl (C=O) groups excluding carboxylic acids is 1. The first-order valence-corrected chi connectivity index (χ1v) is 10.7. The highest BCUT2D eigenvalue weighted by Gasteiger charge is 2.17. The molecular weight excluding hydrogens is 364 g/mol. The lowest BCUT2D eigenvalue weighted by Crippen LogP contribution is -2.06. The lowest BCUT2D eigenvalue weighted by atomic mass is 10.1. The van der Waals surface area contributed by atoms with Crippen LogP contribution in [0.2, 0.25) is 0 Å². The summed E-state index contributed by atoms with van der Waals surface area (Å²) in [4.78, 5) is 14.5. The lowest BCUT2D eigenvalue weighted by molar-refractivity contribution is 0.0519. The van der Waals surface area contributed by atoms with Crippen molar-refractivity contribution in [1.82, 2.24) is 9.78 Å². The second-order valence-corrected chi connectivity index (χ2v) is 7.23. The zero-order valence-electron chi connectivity index (χ0n) is 14.9. The van der Waals surface area contributed by atoms with Gasteiger partial charge in [0.2, 0.25) is 0 Å². The van der Waals surface area contributed by atoms with E-state index in [0.29, 0.717) is 12.3 Å². The van der Waals surface area contributed by atoms with Crippen LogP contribution < -0.4 is 0 Å². The second kappa shape index (κ2) is 8.47. The molecule has 0 bridgehead atoms. The maximum atomic E-state index is 12.2. The number of carbonyl (C=O) groups is 1. The molecule has 0 spiro atoms. The smallest absolute Gasteiger partial charge is 0.358 e. The molecule has 0 radical (unpaired) electrons. The van der Waals surface area contributed by atoms with Crippen LogP contribution in [0.15, 0.2) is 64.4 Å². The highest BCUT2D eigenvalue weighted by atomic mass is 32.2. The molecule has 0 aliphatic carbocycles. The minimum absolute atomic E-state index is 0.310. The maximum absolute atomic E-state index is 12.2. The summed E-state index contributed by atoms with van der Waals surface area (Å²) in [5.74, 6) is -0.408. The van der Waals surface area contributed by atoms with Gasteiger partial charge in [-0.15, -0.1) is 23.5 Å². The molecule has 1 aromatic heterocycles. The van der Waals surface area contributed by atoms with Gasteiger partial charge < -0.3 is 4.74 Å². The largest absolute Gasteiger partial charge is 0.461 e. The van der Waals surface area contributed by atoms with E-state index in [1.54, 1.807) is 41.2 Å². The van der Waals surface area contributed by atoms with Crippen LogP contribution in [0.25, 0.3) is 16.9 Å². The first-order chi connectivity index (χ1) is 12.7. The molecule has 6 heteroatoms. The van der Waals surface area contributed by atoms with Crippen molar-refractivity contribution < 1.29 is 9.53 Å². The third-order valence-corrected chi connectivity index (χ3v) is 5.38. The van der Waals surface area contributed by atoms with E-state index in [2.05, 4.69) is 17.2 Å². The standard InChI is InChI=1S/C20H20N2O2S2/c1-4-24-20(23)18-13-19(14-5-9-16(25-2)10-6-14)22(21-18)15-7-11-17(26-3)12-8-15/h5-13H,4H2,1-3H3. The molecule has 3 rings (SSSR count). The summed E-state index contributed by atoms with van der Waals surface area (Å²) in [5.41, 5.74) is 3.07. The van der Waals surface area contributed by atoms with Crippen molar-refractivity contribution in [3.63, 3.8) is 0 Å². The molecule has 0 fully saturated rings. The van der Waals surface area contributed by atoms with Gasteiger partial charge in [-0.25, -0.2) is 9.48 Å². The van der Waals surface area contributed by atoms with Gasteiger partial charge in [0.05, 0.1) is 18.0 Å². The predicted molar refractivity (Wildman–Crippen MR) is 109 cm³/mol. The van der Waals surface area contributed by atoms with Crippen LogP contribution in [0.5, 0.6) is 0 Å². The predicted octanol–water partition coefficient (Wildman–Crippen LogP) is 5.16. The number of nitrogens with zero attached hydrogens (tertiary/aromatic N) is 2. The summed E-state index contributed by atoms with van der Waals surface area (Å²) in [6.07, 6.45) is 4.09. The van der Waals surface area contributed by atoms with Crippen LogP contribution >= 0.6 is 23.5 Å². The first-order valence-electron chi connectivity index (χ1n) is 8.22. The Bertz CT molecular complexity index is 822. The summed E-state index contributed by atoms with van der Waals surface area (Å²) in [6.45, 7) is 2.12. The SMILES string of the molecule is CCOC(=O)c1cc(-c2ccc(SC)cc2)n(-c2ccc(SC)cc2)n1. The van der Waals surface area contributed by atoms with Gasteiger partial charge in [-0.3, -0.25) is 0 Å². The molecule has 26 heavy (non-hydrogen) atoms. The summed E-state index contributed by atoms with van der Waals surface area (Å²) in [6, 6.07) is 18.1. The number of hydrogen-bond acceptors (Lipinski definition) is 5. The molecule has 0 saturated carbocycles. The Morgan fingerprint density at radius 3 is 2.12 bits per heavy atom. The zero-order valence-corrected chi connectivity index (χ0v) is 16.6. The van der Waals surface area contributed by atoms with Crippen molar-refractivity contribution in [3.8, 4) is 16.9 Å². The number of thioether (sulfide) groups is 2. The van der Waals surface area contributed by atoms with Gasteiger partial charge in [-0.05, 0) is 61.9 Å². The highest BCUT2D eigenvalue weighted by Crippen LogP contribution is 2.27. The number of benzene rings is 2. The van der Waals surface area contributed by atoms with Crippen LogP contribution in [0.3, 0.4) is 0 Å². The number of hydrogen-bond donors (Lipinski definition) is 0. The molecular formula is C20H20N2O2S2. The fourth-order valence-corrected chi connectivity index (χ4v) is 3.39. The number of aromatic nitrogens is 2. The summed E-state index contributed by atoms with van der Waals surface area (Å²) in [5, 5.41) is 4.50. The third-order valence-electron chi connectivity index (χ3n) is 3.90. The van der Waals surface area contributed by atoms with Crippen molar-refractivity contribution in [3.05, 3.63) is 60.3 Å². The highest BCUT2D eigenvalue weighted by molar-refractivity contribution is 7.98. The lowest BCUT2D eigenvalue weighted by Gasteiger charge is -2.09. The molecule has 2 aromatic carbocycles. The Labute approximate surface area is 161 Å².